The molecule has 41 heavy (non-hydrogen) atoms. The van der Waals surface area contributed by atoms with E-state index in [4.69, 9.17) is 0 Å². The lowest BCUT2D eigenvalue weighted by atomic mass is 9.95. The Bertz CT molecular complexity index is 1450. The number of rotatable bonds is 10. The fourth-order valence-electron chi connectivity index (χ4n) is 5.27. The van der Waals surface area contributed by atoms with Crippen LogP contribution in [0.3, 0.4) is 0 Å². The Hall–Kier alpha value is -3.65. The number of aryl methyl sites for hydroxylation is 3. The molecular weight excluding hydrogens is 534 g/mol. The molecule has 7 nitrogen and oxygen atoms in total. The Labute approximate surface area is 244 Å². The van der Waals surface area contributed by atoms with Gasteiger partial charge in [-0.05, 0) is 75.4 Å². The normalized spacial score (nSPS) is 14.7. The van der Waals surface area contributed by atoms with Crippen LogP contribution in [0, 0.1) is 20.8 Å². The van der Waals surface area contributed by atoms with Gasteiger partial charge in [-0.2, -0.15) is 0 Å². The molecule has 1 fully saturated rings. The largest absolute Gasteiger partial charge is 0.352 e. The fraction of sp³-hybridized carbons (Fsp3) is 0.394. The highest BCUT2D eigenvalue weighted by atomic mass is 32.2. The molecular formula is C33H41N3O4S. The molecule has 8 heteroatoms. The number of sulfonamides is 1. The van der Waals surface area contributed by atoms with Gasteiger partial charge in [0.15, 0.2) is 0 Å². The predicted octanol–water partition coefficient (Wildman–Crippen LogP) is 5.67. The molecule has 0 saturated heterocycles. The Morgan fingerprint density at radius 3 is 2.17 bits per heavy atom. The minimum Gasteiger partial charge on any atom is -0.352 e. The maximum absolute atomic E-state index is 14.1. The number of amides is 2. The lowest BCUT2D eigenvalue weighted by Crippen LogP contribution is -2.53. The second-order valence-corrected chi connectivity index (χ2v) is 13.0. The Morgan fingerprint density at radius 1 is 0.878 bits per heavy atom. The molecule has 2 amide bonds. The molecule has 218 valence electrons. The smallest absolute Gasteiger partial charge is 0.264 e. The van der Waals surface area contributed by atoms with Crippen molar-refractivity contribution in [2.45, 2.75) is 83.3 Å². The molecule has 0 radical (unpaired) electrons. The van der Waals surface area contributed by atoms with Gasteiger partial charge < -0.3 is 10.2 Å². The number of carbonyl (C=O) groups excluding carboxylic acids is 2. The molecule has 3 aromatic rings. The zero-order chi connectivity index (χ0) is 29.6. The molecule has 1 saturated carbocycles. The van der Waals surface area contributed by atoms with Gasteiger partial charge >= 0.3 is 0 Å². The highest BCUT2D eigenvalue weighted by Crippen LogP contribution is 2.29. The van der Waals surface area contributed by atoms with E-state index in [0.717, 1.165) is 47.9 Å². The Balaban J connectivity index is 1.69. The zero-order valence-electron chi connectivity index (χ0n) is 24.5. The van der Waals surface area contributed by atoms with E-state index in [2.05, 4.69) is 5.32 Å². The second-order valence-electron chi connectivity index (χ2n) is 11.1. The summed E-state index contributed by atoms with van der Waals surface area (Å²) in [6.45, 7) is 7.08. The van der Waals surface area contributed by atoms with Crippen molar-refractivity contribution in [2.75, 3.05) is 10.8 Å². The summed E-state index contributed by atoms with van der Waals surface area (Å²) in [4.78, 5) is 29.2. The number of nitrogens with zero attached hydrogens (tertiary/aromatic N) is 2. The highest BCUT2D eigenvalue weighted by molar-refractivity contribution is 7.92. The first kappa shape index (κ1) is 30.3. The molecule has 1 aliphatic rings. The minimum atomic E-state index is -4.09. The van der Waals surface area contributed by atoms with Crippen molar-refractivity contribution >= 4 is 27.5 Å². The number of hydrogen-bond donors (Lipinski definition) is 1. The highest BCUT2D eigenvalue weighted by Gasteiger charge is 2.33. The predicted molar refractivity (Wildman–Crippen MR) is 163 cm³/mol. The molecule has 1 aliphatic carbocycles. The van der Waals surface area contributed by atoms with Gasteiger partial charge in [0.05, 0.1) is 10.6 Å². The minimum absolute atomic E-state index is 0.0979. The van der Waals surface area contributed by atoms with Crippen LogP contribution >= 0.6 is 0 Å². The maximum atomic E-state index is 14.1. The van der Waals surface area contributed by atoms with Crippen LogP contribution in [0.4, 0.5) is 5.69 Å². The summed E-state index contributed by atoms with van der Waals surface area (Å²) in [7, 11) is -4.09. The first-order valence-electron chi connectivity index (χ1n) is 14.4. The third kappa shape index (κ3) is 7.55. The molecule has 4 rings (SSSR count). The summed E-state index contributed by atoms with van der Waals surface area (Å²) in [5.74, 6) is -0.669. The summed E-state index contributed by atoms with van der Waals surface area (Å²) in [5.41, 5.74) is 3.85. The quantitative estimate of drug-likeness (QED) is 0.337. The van der Waals surface area contributed by atoms with Gasteiger partial charge in [-0.1, -0.05) is 79.4 Å². The van der Waals surface area contributed by atoms with E-state index in [1.165, 1.54) is 15.6 Å². The van der Waals surface area contributed by atoms with E-state index in [-0.39, 0.29) is 23.4 Å². The average molecular weight is 576 g/mol. The number of benzene rings is 3. The van der Waals surface area contributed by atoms with E-state index in [1.807, 2.05) is 63.2 Å². The summed E-state index contributed by atoms with van der Waals surface area (Å²) in [6.07, 6.45) is 5.19. The number of nitrogens with one attached hydrogen (secondary N) is 1. The molecule has 0 aromatic heterocycles. The van der Waals surface area contributed by atoms with Crippen molar-refractivity contribution in [3.05, 3.63) is 95.1 Å². The molecule has 0 unspecified atom stereocenters. The van der Waals surface area contributed by atoms with Crippen LogP contribution in [0.25, 0.3) is 0 Å². The van der Waals surface area contributed by atoms with Crippen LogP contribution in [0.15, 0.2) is 77.7 Å². The van der Waals surface area contributed by atoms with Crippen molar-refractivity contribution in [1.29, 1.82) is 0 Å². The van der Waals surface area contributed by atoms with Gasteiger partial charge in [0.2, 0.25) is 11.8 Å². The van der Waals surface area contributed by atoms with Gasteiger partial charge in [-0.15, -0.1) is 0 Å². The van der Waals surface area contributed by atoms with Crippen LogP contribution in [-0.2, 0) is 26.2 Å². The molecule has 1 atom stereocenters. The summed E-state index contributed by atoms with van der Waals surface area (Å²) < 4.78 is 29.3. The van der Waals surface area contributed by atoms with Gasteiger partial charge in [0.25, 0.3) is 10.0 Å². The Morgan fingerprint density at radius 2 is 1.51 bits per heavy atom. The van der Waals surface area contributed by atoms with Gasteiger partial charge in [0.1, 0.15) is 12.6 Å². The van der Waals surface area contributed by atoms with Crippen molar-refractivity contribution in [3.63, 3.8) is 0 Å². The van der Waals surface area contributed by atoms with E-state index in [9.17, 15) is 18.0 Å². The third-order valence-electron chi connectivity index (χ3n) is 7.84. The Kier molecular flexibility index (Phi) is 9.86. The molecule has 0 spiro atoms. The summed E-state index contributed by atoms with van der Waals surface area (Å²) in [6, 6.07) is 21.0. The monoisotopic (exact) mass is 575 g/mol. The number of hydrogen-bond acceptors (Lipinski definition) is 4. The van der Waals surface area contributed by atoms with Crippen molar-refractivity contribution in [1.82, 2.24) is 10.2 Å². The van der Waals surface area contributed by atoms with Crippen LogP contribution in [0.1, 0.15) is 61.3 Å². The van der Waals surface area contributed by atoms with Crippen molar-refractivity contribution < 1.29 is 18.0 Å². The maximum Gasteiger partial charge on any atom is 0.264 e. The van der Waals surface area contributed by atoms with Crippen LogP contribution in [-0.4, -0.2) is 43.8 Å². The van der Waals surface area contributed by atoms with Crippen molar-refractivity contribution in [2.24, 2.45) is 0 Å². The van der Waals surface area contributed by atoms with Gasteiger partial charge in [0, 0.05) is 12.6 Å². The van der Waals surface area contributed by atoms with Crippen LogP contribution in [0.5, 0.6) is 0 Å². The fourth-order valence-corrected chi connectivity index (χ4v) is 6.74. The van der Waals surface area contributed by atoms with Crippen LogP contribution in [0.2, 0.25) is 0 Å². The third-order valence-corrected chi connectivity index (χ3v) is 9.61. The molecule has 0 aliphatic heterocycles. The van der Waals surface area contributed by atoms with Crippen molar-refractivity contribution in [3.8, 4) is 0 Å². The first-order valence-corrected chi connectivity index (χ1v) is 15.8. The zero-order valence-corrected chi connectivity index (χ0v) is 25.3. The van der Waals surface area contributed by atoms with Gasteiger partial charge in [-0.3, -0.25) is 13.9 Å². The van der Waals surface area contributed by atoms with E-state index < -0.39 is 28.5 Å². The lowest BCUT2D eigenvalue weighted by molar-refractivity contribution is -0.139. The second kappa shape index (κ2) is 13.3. The van der Waals surface area contributed by atoms with E-state index in [0.29, 0.717) is 5.69 Å². The standard InChI is InChI=1S/C33H41N3O4S/c1-24-16-19-30(20-17-24)41(39,40)36(31-21-25(2)15-18-26(31)3)23-32(37)35(22-28-11-7-5-8-12-28)27(4)33(38)34-29-13-9-6-10-14-29/h5,7-8,11-12,15-21,27,29H,6,9-10,13-14,22-23H2,1-4H3,(H,34,38)/t27-/m1/s1. The molecule has 0 heterocycles. The van der Waals surface area contributed by atoms with Gasteiger partial charge in [-0.25, -0.2) is 8.42 Å². The SMILES string of the molecule is Cc1ccc(S(=O)(=O)N(CC(=O)N(Cc2ccccc2)[C@H](C)C(=O)NC2CCCCC2)c2cc(C)ccc2C)cc1. The number of carbonyl (C=O) groups is 2. The topological polar surface area (TPSA) is 86.8 Å². The van der Waals surface area contributed by atoms with E-state index >= 15 is 0 Å². The molecule has 1 N–H and O–H groups in total. The summed E-state index contributed by atoms with van der Waals surface area (Å²) in [5, 5.41) is 3.14. The van der Waals surface area contributed by atoms with E-state index in [1.54, 1.807) is 37.3 Å². The molecule has 0 bridgehead atoms. The average Bonchev–Trinajstić information content (AvgIpc) is 2.96. The first-order chi connectivity index (χ1) is 19.6. The van der Waals surface area contributed by atoms with Crippen LogP contribution < -0.4 is 9.62 Å². The summed E-state index contributed by atoms with van der Waals surface area (Å²) >= 11 is 0. The molecule has 3 aromatic carbocycles. The lowest BCUT2D eigenvalue weighted by Gasteiger charge is -2.33. The number of anilines is 1.